The Bertz CT molecular complexity index is 2770. The van der Waals surface area contributed by atoms with E-state index >= 15 is 17.6 Å². The molecule has 0 saturated carbocycles. The summed E-state index contributed by atoms with van der Waals surface area (Å²) in [5, 5.41) is 0.647. The van der Waals surface area contributed by atoms with Gasteiger partial charge < -0.3 is 33.3 Å². The smallest absolute Gasteiger partial charge is 0.425 e. The molecule has 3 aromatic heterocycles. The number of alkyl carbamates (subject to hydrolysis) is 1. The number of nitrogens with one attached hydrogen (secondary N) is 1. The van der Waals surface area contributed by atoms with E-state index in [9.17, 15) is 23.6 Å². The van der Waals surface area contributed by atoms with Crippen molar-refractivity contribution >= 4 is 58.5 Å². The maximum absolute atomic E-state index is 17.8. The van der Waals surface area contributed by atoms with Crippen LogP contribution in [0.5, 0.6) is 17.6 Å². The molecule has 7 rings (SSSR count). The molecule has 2 fully saturated rings. The fraction of sp³-hybridized carbons (Fsp3) is 0.542. The van der Waals surface area contributed by atoms with Gasteiger partial charge in [0, 0.05) is 30.3 Å². The van der Waals surface area contributed by atoms with E-state index in [4.69, 9.17) is 45.0 Å². The second-order valence-corrected chi connectivity index (χ2v) is 21.1. The molecule has 1 N–H and O–H groups in total. The number of anilines is 2. The van der Waals surface area contributed by atoms with Crippen molar-refractivity contribution in [3.63, 3.8) is 0 Å². The third-order valence-electron chi connectivity index (χ3n) is 11.6. The Morgan fingerprint density at radius 3 is 2.24 bits per heavy atom. The lowest BCUT2D eigenvalue weighted by Gasteiger charge is -2.33. The van der Waals surface area contributed by atoms with E-state index in [1.807, 2.05) is 4.90 Å². The summed E-state index contributed by atoms with van der Waals surface area (Å²) in [4.78, 5) is 75.2. The first kappa shape index (κ1) is 53.4. The quantitative estimate of drug-likeness (QED) is 0.129. The molecule has 72 heavy (non-hydrogen) atoms. The van der Waals surface area contributed by atoms with E-state index in [0.717, 1.165) is 19.4 Å². The maximum atomic E-state index is 17.8. The number of aromatic nitrogens is 4. The van der Waals surface area contributed by atoms with Gasteiger partial charge in [0.05, 0.1) is 28.7 Å². The maximum Gasteiger partial charge on any atom is 0.425 e. The number of carbonyl (C=O) groups is 4. The third-order valence-corrected chi connectivity index (χ3v) is 12.0. The number of ether oxygens (including phenoxy) is 6. The Morgan fingerprint density at radius 2 is 1.61 bits per heavy atom. The molecule has 2 saturated heterocycles. The van der Waals surface area contributed by atoms with Crippen LogP contribution in [0.25, 0.3) is 22.2 Å². The van der Waals surface area contributed by atoms with Crippen LogP contribution in [-0.4, -0.2) is 111 Å². The predicted molar refractivity (Wildman–Crippen MR) is 252 cm³/mol. The molecule has 4 amide bonds. The van der Waals surface area contributed by atoms with E-state index in [0.29, 0.717) is 17.9 Å². The normalized spacial score (nSPS) is 18.7. The monoisotopic (exact) mass is 1030 g/mol. The van der Waals surface area contributed by atoms with Crippen LogP contribution in [0.4, 0.5) is 52.8 Å². The number of nitrogens with zero attached hydrogens (tertiary/aromatic N) is 7. The second-order valence-electron chi connectivity index (χ2n) is 20.7. The average molecular weight is 1040 g/mol. The van der Waals surface area contributed by atoms with E-state index in [1.165, 1.54) is 27.0 Å². The molecule has 0 unspecified atom stereocenters. The highest BCUT2D eigenvalue weighted by molar-refractivity contribution is 6.35. The average Bonchev–Trinajstić information content (AvgIpc) is 3.69. The van der Waals surface area contributed by atoms with Crippen LogP contribution in [0.1, 0.15) is 111 Å². The van der Waals surface area contributed by atoms with Crippen LogP contribution in [0.3, 0.4) is 0 Å². The van der Waals surface area contributed by atoms with Gasteiger partial charge in [-0.2, -0.15) is 28.0 Å². The first-order chi connectivity index (χ1) is 33.4. The van der Waals surface area contributed by atoms with Crippen LogP contribution in [0, 0.1) is 12.7 Å². The van der Waals surface area contributed by atoms with Gasteiger partial charge in [0.15, 0.2) is 17.4 Å². The number of imide groups is 2. The molecule has 0 spiro atoms. The number of fused-ring (bicyclic) bond motifs is 1. The molecule has 0 radical (unpaired) electrons. The summed E-state index contributed by atoms with van der Waals surface area (Å²) in [6.07, 6.45) is -8.50. The van der Waals surface area contributed by atoms with Crippen molar-refractivity contribution < 1.29 is 69.6 Å². The van der Waals surface area contributed by atoms with Crippen LogP contribution in [0.15, 0.2) is 24.4 Å². The number of carbonyl (C=O) groups excluding carboxylic acids is 4. The zero-order chi connectivity index (χ0) is 53.0. The Hall–Kier alpha value is -6.36. The summed E-state index contributed by atoms with van der Waals surface area (Å²) in [6, 6.07) is 2.51. The lowest BCUT2D eigenvalue weighted by atomic mass is 9.95. The van der Waals surface area contributed by atoms with Crippen molar-refractivity contribution in [2.75, 3.05) is 42.6 Å². The van der Waals surface area contributed by atoms with Gasteiger partial charge in [-0.05, 0) is 113 Å². The number of benzene rings is 1. The lowest BCUT2D eigenvalue weighted by molar-refractivity contribution is -0.137. The minimum atomic E-state index is -5.22. The molecule has 24 heteroatoms. The number of hydrogen-bond acceptors (Lipinski definition) is 16. The fourth-order valence-electron chi connectivity index (χ4n) is 8.91. The highest BCUT2D eigenvalue weighted by Gasteiger charge is 2.50. The van der Waals surface area contributed by atoms with Crippen molar-refractivity contribution in [2.45, 2.75) is 136 Å². The summed E-state index contributed by atoms with van der Waals surface area (Å²) in [7, 11) is 0. The standard InChI is InChI=1S/C48H56ClF5N8O10/c1-24-20-28(69-40(63)59-41(64)70-44(3,4)5)32(49)29(31(24)48(52,53)54)34-33(51)35-30-37(58-39(57-35)68-23-47-15-13-17-60(47)22-26(50)21-47)61(18-19-67-38(30)56-34)25(2)27-14-12-16-55-36(27)62(42(65)71-45(6,7)8)43(66)72-46(9,10)11/h12,14,16,20,25-26H,13,15,17-19,21-23H2,1-11H3,(H,59,63,64)/t25-,26-,47+/m1/s1. The molecule has 6 heterocycles. The molecular formula is C48H56ClF5N8O10. The molecule has 390 valence electrons. The third kappa shape index (κ3) is 11.5. The summed E-state index contributed by atoms with van der Waals surface area (Å²) in [5.74, 6) is -2.92. The van der Waals surface area contributed by atoms with Gasteiger partial charge in [0.25, 0.3) is 0 Å². The topological polar surface area (TPSA) is 197 Å². The second kappa shape index (κ2) is 19.6. The summed E-state index contributed by atoms with van der Waals surface area (Å²) >= 11 is 6.67. The number of hydrogen-bond donors (Lipinski definition) is 1. The first-order valence-corrected chi connectivity index (χ1v) is 23.4. The van der Waals surface area contributed by atoms with Crippen molar-refractivity contribution in [3.05, 3.63) is 51.9 Å². The van der Waals surface area contributed by atoms with E-state index in [1.54, 1.807) is 70.8 Å². The van der Waals surface area contributed by atoms with E-state index in [-0.39, 0.29) is 55.3 Å². The molecule has 3 aliphatic rings. The van der Waals surface area contributed by atoms with E-state index < -0.39 is 121 Å². The number of aryl methyl sites for hydroxylation is 1. The van der Waals surface area contributed by atoms with Gasteiger partial charge in [-0.3, -0.25) is 4.90 Å². The molecule has 3 atom stereocenters. The summed E-state index contributed by atoms with van der Waals surface area (Å²) < 4.78 is 112. The molecular weight excluding hydrogens is 979 g/mol. The minimum Gasteiger partial charge on any atom is -0.475 e. The Labute approximate surface area is 416 Å². The highest BCUT2D eigenvalue weighted by atomic mass is 35.5. The van der Waals surface area contributed by atoms with Gasteiger partial charge in [0.1, 0.15) is 58.6 Å². The Morgan fingerprint density at radius 1 is 0.958 bits per heavy atom. The highest BCUT2D eigenvalue weighted by Crippen LogP contribution is 2.50. The first-order valence-electron chi connectivity index (χ1n) is 23.0. The van der Waals surface area contributed by atoms with Crippen molar-refractivity contribution in [1.29, 1.82) is 0 Å². The van der Waals surface area contributed by atoms with Crippen LogP contribution >= 0.6 is 11.6 Å². The number of halogens is 6. The largest absolute Gasteiger partial charge is 0.475 e. The van der Waals surface area contributed by atoms with E-state index in [2.05, 4.69) is 15.0 Å². The van der Waals surface area contributed by atoms with Gasteiger partial charge in [0.2, 0.25) is 5.88 Å². The number of alkyl halides is 4. The Kier molecular flexibility index (Phi) is 14.5. The van der Waals surface area contributed by atoms with Crippen LogP contribution in [0.2, 0.25) is 5.02 Å². The predicted octanol–water partition coefficient (Wildman–Crippen LogP) is 10.8. The van der Waals surface area contributed by atoms with Crippen molar-refractivity contribution in [1.82, 2.24) is 30.2 Å². The molecule has 4 aromatic rings. The van der Waals surface area contributed by atoms with Gasteiger partial charge in [-0.25, -0.2) is 43.2 Å². The lowest BCUT2D eigenvalue weighted by Crippen LogP contribution is -2.45. The number of amides is 4. The minimum absolute atomic E-state index is 0.0990. The number of pyridine rings is 2. The molecule has 0 aliphatic carbocycles. The SMILES string of the molecule is Cc1cc(OC(=O)NC(=O)OC(C)(C)C)c(Cl)c(-c2nc3c4c(nc(OC[C@@]56CCCN5C[C@H](F)C6)nc4c2F)N([C@H](C)c2cccnc2N(C(=O)OC(C)(C)C)C(=O)OC(C)(C)C)CCO3)c1C(F)(F)F. The fourth-order valence-corrected chi connectivity index (χ4v) is 9.18. The molecule has 0 bridgehead atoms. The van der Waals surface area contributed by atoms with Gasteiger partial charge in [-0.1, -0.05) is 17.7 Å². The van der Waals surface area contributed by atoms with Crippen molar-refractivity contribution in [2.24, 2.45) is 0 Å². The number of rotatable bonds is 8. The van der Waals surface area contributed by atoms with Crippen LogP contribution in [-0.2, 0) is 20.4 Å². The zero-order valence-corrected chi connectivity index (χ0v) is 42.4. The molecule has 3 aliphatic heterocycles. The van der Waals surface area contributed by atoms with Crippen LogP contribution < -0.4 is 29.3 Å². The molecule has 18 nitrogen and oxygen atoms in total. The van der Waals surface area contributed by atoms with Crippen molar-refractivity contribution in [3.8, 4) is 28.9 Å². The Balaban J connectivity index is 1.42. The van der Waals surface area contributed by atoms with Gasteiger partial charge >= 0.3 is 36.6 Å². The summed E-state index contributed by atoms with van der Waals surface area (Å²) in [5.41, 5.74) is -8.48. The van der Waals surface area contributed by atoms with Gasteiger partial charge in [-0.15, -0.1) is 0 Å². The molecule has 1 aromatic carbocycles. The zero-order valence-electron chi connectivity index (χ0n) is 41.6. The summed E-state index contributed by atoms with van der Waals surface area (Å²) in [6.45, 7) is 17.2.